The van der Waals surface area contributed by atoms with Gasteiger partial charge in [0.1, 0.15) is 5.40 Å². The Morgan fingerprint density at radius 1 is 1.00 bits per heavy atom. The van der Waals surface area contributed by atoms with Gasteiger partial charge in [0.25, 0.3) is 0 Å². The van der Waals surface area contributed by atoms with E-state index >= 15 is 0 Å². The number of amides is 1. The Bertz CT molecular complexity index is 884. The van der Waals surface area contributed by atoms with Gasteiger partial charge in [0.05, 0.1) is 5.75 Å². The van der Waals surface area contributed by atoms with E-state index in [1.165, 1.54) is 6.07 Å². The molecule has 0 bridgehead atoms. The van der Waals surface area contributed by atoms with Crippen LogP contribution in [0.5, 0.6) is 0 Å². The van der Waals surface area contributed by atoms with Gasteiger partial charge in [0, 0.05) is 27.9 Å². The molecule has 23 heavy (non-hydrogen) atoms. The lowest BCUT2D eigenvalue weighted by molar-refractivity contribution is -0.113. The van der Waals surface area contributed by atoms with Crippen molar-refractivity contribution in [2.45, 2.75) is 0 Å². The van der Waals surface area contributed by atoms with Crippen molar-refractivity contribution in [1.29, 1.82) is 5.26 Å². The minimum absolute atomic E-state index is 0.00327. The number of benzene rings is 2. The Morgan fingerprint density at radius 3 is 2.26 bits per heavy atom. The monoisotopic (exact) mass is 322 g/mol. The molecule has 0 radical (unpaired) electrons. The summed E-state index contributed by atoms with van der Waals surface area (Å²) in [6.45, 7) is 0. The van der Waals surface area contributed by atoms with E-state index in [0.717, 1.165) is 11.8 Å². The summed E-state index contributed by atoms with van der Waals surface area (Å²) in [6, 6.07) is 11.3. The maximum absolute atomic E-state index is 12.6. The molecule has 0 spiro atoms. The Morgan fingerprint density at radius 2 is 1.61 bits per heavy atom. The van der Waals surface area contributed by atoms with Crippen molar-refractivity contribution in [3.63, 3.8) is 0 Å². The third-order valence-corrected chi connectivity index (χ3v) is 4.01. The quantitative estimate of drug-likeness (QED) is 0.749. The van der Waals surface area contributed by atoms with E-state index in [-0.39, 0.29) is 28.8 Å². The number of thiocyanates is 1. The normalized spacial score (nSPS) is 12.1. The molecule has 0 heterocycles. The summed E-state index contributed by atoms with van der Waals surface area (Å²) >= 11 is 0.828. The maximum atomic E-state index is 12.6. The Hall–Kier alpha value is -2.91. The van der Waals surface area contributed by atoms with Gasteiger partial charge in [-0.25, -0.2) is 0 Å². The van der Waals surface area contributed by atoms with Gasteiger partial charge in [-0.1, -0.05) is 24.3 Å². The maximum Gasteiger partial charge on any atom is 0.235 e. The number of hydrogen-bond acceptors (Lipinski definition) is 5. The molecule has 1 N–H and O–H groups in total. The predicted molar refractivity (Wildman–Crippen MR) is 86.4 cm³/mol. The molecule has 0 saturated heterocycles. The zero-order chi connectivity index (χ0) is 16.4. The first kappa shape index (κ1) is 15.0. The van der Waals surface area contributed by atoms with Crippen molar-refractivity contribution in [2.24, 2.45) is 0 Å². The van der Waals surface area contributed by atoms with E-state index in [9.17, 15) is 14.4 Å². The second-order valence-corrected chi connectivity index (χ2v) is 5.65. The molecule has 0 unspecified atom stereocenters. The first-order chi connectivity index (χ1) is 11.1. The molecule has 1 aliphatic rings. The molecule has 1 amide bonds. The second-order valence-electron chi connectivity index (χ2n) is 4.89. The van der Waals surface area contributed by atoms with E-state index in [1.807, 2.05) is 5.40 Å². The van der Waals surface area contributed by atoms with Crippen molar-refractivity contribution in [2.75, 3.05) is 11.1 Å². The van der Waals surface area contributed by atoms with E-state index in [2.05, 4.69) is 5.32 Å². The molecular weight excluding hydrogens is 312 g/mol. The number of hydrogen-bond donors (Lipinski definition) is 1. The minimum atomic E-state index is -0.341. The highest BCUT2D eigenvalue weighted by Gasteiger charge is 2.29. The smallest absolute Gasteiger partial charge is 0.235 e. The molecule has 0 aliphatic heterocycles. The fourth-order valence-corrected chi connectivity index (χ4v) is 2.74. The lowest BCUT2D eigenvalue weighted by Gasteiger charge is -2.18. The summed E-state index contributed by atoms with van der Waals surface area (Å²) in [7, 11) is 0. The highest BCUT2D eigenvalue weighted by molar-refractivity contribution is 8.04. The van der Waals surface area contributed by atoms with Crippen molar-refractivity contribution < 1.29 is 14.4 Å². The molecule has 3 rings (SSSR count). The van der Waals surface area contributed by atoms with E-state index in [1.54, 1.807) is 36.4 Å². The van der Waals surface area contributed by atoms with Crippen LogP contribution in [0.4, 0.5) is 5.69 Å². The number of fused-ring (bicyclic) bond motifs is 2. The van der Waals surface area contributed by atoms with Gasteiger partial charge in [-0.2, -0.15) is 5.26 Å². The fraction of sp³-hybridized carbons (Fsp3) is 0.0588. The first-order valence-electron chi connectivity index (χ1n) is 6.75. The zero-order valence-electron chi connectivity index (χ0n) is 11.8. The van der Waals surface area contributed by atoms with Gasteiger partial charge in [0.15, 0.2) is 11.6 Å². The van der Waals surface area contributed by atoms with Crippen LogP contribution in [0.1, 0.15) is 31.8 Å². The lowest BCUT2D eigenvalue weighted by atomic mass is 9.84. The molecular formula is C17H10N2O3S. The SMILES string of the molecule is N#CSCC(=O)Nc1ccc2c(c1)C(=O)c1ccccc1C2=O. The Labute approximate surface area is 136 Å². The predicted octanol–water partition coefficient (Wildman–Crippen LogP) is 2.61. The van der Waals surface area contributed by atoms with Gasteiger partial charge < -0.3 is 5.32 Å². The van der Waals surface area contributed by atoms with Crippen molar-refractivity contribution in [1.82, 2.24) is 0 Å². The van der Waals surface area contributed by atoms with Gasteiger partial charge >= 0.3 is 0 Å². The Balaban J connectivity index is 1.95. The summed E-state index contributed by atoms with van der Waals surface area (Å²) in [5.41, 5.74) is 1.80. The van der Waals surface area contributed by atoms with Crippen molar-refractivity contribution in [3.05, 3.63) is 64.7 Å². The van der Waals surface area contributed by atoms with Gasteiger partial charge in [-0.3, -0.25) is 14.4 Å². The number of nitrogens with zero attached hydrogens (tertiary/aromatic N) is 1. The fourth-order valence-electron chi connectivity index (χ4n) is 2.47. The van der Waals surface area contributed by atoms with Crippen LogP contribution in [0.15, 0.2) is 42.5 Å². The molecule has 0 atom stereocenters. The molecule has 6 heteroatoms. The van der Waals surface area contributed by atoms with Crippen LogP contribution in [-0.4, -0.2) is 23.2 Å². The van der Waals surface area contributed by atoms with Crippen LogP contribution in [0, 0.1) is 10.7 Å². The molecule has 1 aliphatic carbocycles. The standard InChI is InChI=1S/C17H10N2O3S/c18-9-23-8-15(20)19-10-5-6-13-14(7-10)17(22)12-4-2-1-3-11(12)16(13)21/h1-7H,8H2,(H,19,20). The third-order valence-electron chi connectivity index (χ3n) is 3.48. The summed E-state index contributed by atoms with van der Waals surface area (Å²) in [6.07, 6.45) is 0. The summed E-state index contributed by atoms with van der Waals surface area (Å²) in [5, 5.41) is 12.9. The van der Waals surface area contributed by atoms with Gasteiger partial charge in [-0.05, 0) is 30.0 Å². The average molecular weight is 322 g/mol. The number of thioether (sulfide) groups is 1. The van der Waals surface area contributed by atoms with Crippen LogP contribution in [-0.2, 0) is 4.79 Å². The highest BCUT2D eigenvalue weighted by atomic mass is 32.2. The van der Waals surface area contributed by atoms with Crippen LogP contribution < -0.4 is 5.32 Å². The minimum Gasteiger partial charge on any atom is -0.325 e. The topological polar surface area (TPSA) is 87.0 Å². The summed E-state index contributed by atoms with van der Waals surface area (Å²) in [4.78, 5) is 36.6. The average Bonchev–Trinajstić information content (AvgIpc) is 2.58. The van der Waals surface area contributed by atoms with Gasteiger partial charge in [0.2, 0.25) is 5.91 Å². The molecule has 0 aromatic heterocycles. The lowest BCUT2D eigenvalue weighted by Crippen LogP contribution is -2.21. The number of ketones is 2. The van der Waals surface area contributed by atoms with Crippen molar-refractivity contribution >= 4 is 34.9 Å². The van der Waals surface area contributed by atoms with Crippen molar-refractivity contribution in [3.8, 4) is 5.40 Å². The summed E-state index contributed by atoms with van der Waals surface area (Å²) < 4.78 is 0. The van der Waals surface area contributed by atoms with E-state index in [0.29, 0.717) is 22.4 Å². The molecule has 0 fully saturated rings. The van der Waals surface area contributed by atoms with Gasteiger partial charge in [-0.15, -0.1) is 0 Å². The number of nitriles is 1. The zero-order valence-corrected chi connectivity index (χ0v) is 12.6. The molecule has 2 aromatic carbocycles. The van der Waals surface area contributed by atoms with Crippen LogP contribution >= 0.6 is 11.8 Å². The van der Waals surface area contributed by atoms with E-state index in [4.69, 9.17) is 5.26 Å². The number of carbonyl (C=O) groups is 3. The largest absolute Gasteiger partial charge is 0.325 e. The Kier molecular flexibility index (Phi) is 3.96. The molecule has 112 valence electrons. The molecule has 5 nitrogen and oxygen atoms in total. The van der Waals surface area contributed by atoms with Crippen LogP contribution in [0.25, 0.3) is 0 Å². The highest BCUT2D eigenvalue weighted by Crippen LogP contribution is 2.29. The van der Waals surface area contributed by atoms with Crippen LogP contribution in [0.3, 0.4) is 0 Å². The second kappa shape index (κ2) is 6.07. The van der Waals surface area contributed by atoms with E-state index < -0.39 is 0 Å². The number of anilines is 1. The summed E-state index contributed by atoms with van der Waals surface area (Å²) in [5.74, 6) is -0.777. The number of carbonyl (C=O) groups excluding carboxylic acids is 3. The number of nitrogens with one attached hydrogen (secondary N) is 1. The molecule has 0 saturated carbocycles. The third kappa shape index (κ3) is 2.74. The van der Waals surface area contributed by atoms with Crippen LogP contribution in [0.2, 0.25) is 0 Å². The first-order valence-corrected chi connectivity index (χ1v) is 7.73. The number of rotatable bonds is 3. The molecule has 2 aromatic rings.